The molecule has 1 fully saturated rings. The average Bonchev–Trinajstić information content (AvgIpc) is 2.97. The van der Waals surface area contributed by atoms with Crippen LogP contribution in [0.5, 0.6) is 11.5 Å². The van der Waals surface area contributed by atoms with Crippen molar-refractivity contribution in [1.82, 2.24) is 0 Å². The molecule has 1 saturated carbocycles. The molecule has 1 unspecified atom stereocenters. The van der Waals surface area contributed by atoms with Crippen molar-refractivity contribution >= 4 is 12.2 Å². The van der Waals surface area contributed by atoms with E-state index in [0.717, 1.165) is 25.4 Å². The molecule has 2 aromatic rings. The zero-order valence-electron chi connectivity index (χ0n) is 23.8. The lowest BCUT2D eigenvalue weighted by Gasteiger charge is -2.29. The minimum absolute atomic E-state index is 0.189. The van der Waals surface area contributed by atoms with Crippen LogP contribution in [0.1, 0.15) is 85.7 Å². The predicted octanol–water partition coefficient (Wildman–Crippen LogP) is 6.81. The lowest BCUT2D eigenvalue weighted by molar-refractivity contribution is -0.0158. The van der Waals surface area contributed by atoms with E-state index in [2.05, 4.69) is 6.92 Å². The monoisotopic (exact) mass is 539 g/mol. The third kappa shape index (κ3) is 10.1. The maximum Gasteiger partial charge on any atom is 0.343 e. The predicted molar refractivity (Wildman–Crippen MR) is 154 cm³/mol. The molecule has 214 valence electrons. The summed E-state index contributed by atoms with van der Waals surface area (Å²) in [6.07, 6.45) is 10.5. The summed E-state index contributed by atoms with van der Waals surface area (Å²) >= 11 is 0. The Labute approximate surface area is 233 Å². The molecule has 0 saturated heterocycles. The zero-order valence-corrected chi connectivity index (χ0v) is 23.8. The van der Waals surface area contributed by atoms with E-state index in [0.29, 0.717) is 48.4 Å². The number of nitrogens with one attached hydrogen (secondary N) is 1. The Hall–Kier alpha value is -2.74. The molecule has 1 aliphatic carbocycles. The van der Waals surface area contributed by atoms with Gasteiger partial charge in [0.05, 0.1) is 12.2 Å². The number of ether oxygens (including phenoxy) is 5. The summed E-state index contributed by atoms with van der Waals surface area (Å²) in [7, 11) is 3.33. The van der Waals surface area contributed by atoms with E-state index in [1.807, 2.05) is 18.2 Å². The van der Waals surface area contributed by atoms with E-state index in [1.54, 1.807) is 38.5 Å². The van der Waals surface area contributed by atoms with Crippen molar-refractivity contribution in [3.63, 3.8) is 0 Å². The molecule has 0 aromatic heterocycles. The topological polar surface area (TPSA) is 87.1 Å². The Morgan fingerprint density at radius 2 is 1.74 bits per heavy atom. The van der Waals surface area contributed by atoms with Crippen LogP contribution >= 0.6 is 0 Å². The maximum absolute atomic E-state index is 12.8. The van der Waals surface area contributed by atoms with Gasteiger partial charge in [-0.1, -0.05) is 25.8 Å². The van der Waals surface area contributed by atoms with E-state index in [9.17, 15) is 4.79 Å². The highest BCUT2D eigenvalue weighted by Crippen LogP contribution is 2.38. The molecule has 0 radical (unpaired) electrons. The SMILES string of the molecule is CCCC1CCC(c2ccc(OC(=O)c3ccc(OCC(COCCCCOC)OC)cc3)c(C=N)c2)CC1. The van der Waals surface area contributed by atoms with Crippen LogP contribution in [-0.4, -0.2) is 58.9 Å². The van der Waals surface area contributed by atoms with Gasteiger partial charge >= 0.3 is 5.97 Å². The lowest BCUT2D eigenvalue weighted by Crippen LogP contribution is -2.26. The Kier molecular flexibility index (Phi) is 13.5. The molecule has 7 nitrogen and oxygen atoms in total. The van der Waals surface area contributed by atoms with E-state index >= 15 is 0 Å². The van der Waals surface area contributed by atoms with Gasteiger partial charge in [0.25, 0.3) is 0 Å². The van der Waals surface area contributed by atoms with E-state index in [4.69, 9.17) is 29.1 Å². The molecular formula is C32H45NO6. The first-order valence-electron chi connectivity index (χ1n) is 14.3. The molecule has 7 heteroatoms. The second kappa shape index (κ2) is 17.1. The maximum atomic E-state index is 12.8. The third-order valence-electron chi connectivity index (χ3n) is 7.46. The molecule has 0 aliphatic heterocycles. The number of carbonyl (C=O) groups is 1. The van der Waals surface area contributed by atoms with E-state index in [-0.39, 0.29) is 6.10 Å². The second-order valence-electron chi connectivity index (χ2n) is 10.3. The first kappa shape index (κ1) is 30.8. The summed E-state index contributed by atoms with van der Waals surface area (Å²) in [5.41, 5.74) is 2.28. The third-order valence-corrected chi connectivity index (χ3v) is 7.46. The van der Waals surface area contributed by atoms with Crippen molar-refractivity contribution in [1.29, 1.82) is 5.41 Å². The van der Waals surface area contributed by atoms with Gasteiger partial charge in [0, 0.05) is 39.2 Å². The number of rotatable bonds is 17. The summed E-state index contributed by atoms with van der Waals surface area (Å²) in [6, 6.07) is 12.7. The van der Waals surface area contributed by atoms with Gasteiger partial charge in [-0.25, -0.2) is 4.79 Å². The fourth-order valence-electron chi connectivity index (χ4n) is 5.10. The Balaban J connectivity index is 1.48. The van der Waals surface area contributed by atoms with Gasteiger partial charge in [0.1, 0.15) is 24.2 Å². The van der Waals surface area contributed by atoms with Crippen LogP contribution in [0.4, 0.5) is 0 Å². The highest BCUT2D eigenvalue weighted by atomic mass is 16.6. The van der Waals surface area contributed by atoms with Crippen LogP contribution in [0.2, 0.25) is 0 Å². The number of esters is 1. The average molecular weight is 540 g/mol. The van der Waals surface area contributed by atoms with Gasteiger partial charge < -0.3 is 29.1 Å². The Morgan fingerprint density at radius 1 is 1.00 bits per heavy atom. The zero-order chi connectivity index (χ0) is 27.9. The fraction of sp³-hybridized carbons (Fsp3) is 0.562. The number of carbonyl (C=O) groups excluding carboxylic acids is 1. The molecule has 1 aliphatic rings. The molecule has 0 bridgehead atoms. The van der Waals surface area contributed by atoms with Crippen LogP contribution in [-0.2, 0) is 14.2 Å². The van der Waals surface area contributed by atoms with Crippen molar-refractivity contribution in [3.05, 3.63) is 59.2 Å². The Morgan fingerprint density at radius 3 is 2.41 bits per heavy atom. The van der Waals surface area contributed by atoms with Gasteiger partial charge in [-0.2, -0.15) is 0 Å². The molecule has 0 heterocycles. The van der Waals surface area contributed by atoms with E-state index < -0.39 is 5.97 Å². The number of benzene rings is 2. The first-order chi connectivity index (χ1) is 19.1. The van der Waals surface area contributed by atoms with Crippen LogP contribution in [0.3, 0.4) is 0 Å². The Bertz CT molecular complexity index is 1000. The molecule has 39 heavy (non-hydrogen) atoms. The van der Waals surface area contributed by atoms with Crippen LogP contribution in [0.25, 0.3) is 0 Å². The first-order valence-corrected chi connectivity index (χ1v) is 14.3. The van der Waals surface area contributed by atoms with Crippen LogP contribution < -0.4 is 9.47 Å². The molecule has 1 N–H and O–H groups in total. The van der Waals surface area contributed by atoms with Crippen molar-refractivity contribution in [3.8, 4) is 11.5 Å². The summed E-state index contributed by atoms with van der Waals surface area (Å²) in [5.74, 6) is 1.94. The van der Waals surface area contributed by atoms with Gasteiger partial charge in [-0.3, -0.25) is 0 Å². The summed E-state index contributed by atoms with van der Waals surface area (Å²) < 4.78 is 27.6. The molecule has 0 amide bonds. The van der Waals surface area contributed by atoms with Crippen molar-refractivity contribution in [2.75, 3.05) is 40.6 Å². The summed E-state index contributed by atoms with van der Waals surface area (Å²) in [4.78, 5) is 12.8. The lowest BCUT2D eigenvalue weighted by atomic mass is 9.77. The molecule has 3 rings (SSSR count). The number of methoxy groups -OCH3 is 2. The van der Waals surface area contributed by atoms with Gasteiger partial charge in [0.2, 0.25) is 0 Å². The highest BCUT2D eigenvalue weighted by molar-refractivity contribution is 5.93. The molecule has 2 aromatic carbocycles. The normalized spacial score (nSPS) is 17.9. The summed E-state index contributed by atoms with van der Waals surface area (Å²) in [5, 5.41) is 7.88. The largest absolute Gasteiger partial charge is 0.491 e. The van der Waals surface area contributed by atoms with Gasteiger partial charge in [-0.05, 0) is 92.3 Å². The van der Waals surface area contributed by atoms with Crippen molar-refractivity contribution in [2.45, 2.75) is 70.3 Å². The fourth-order valence-corrected chi connectivity index (χ4v) is 5.10. The molecular weight excluding hydrogens is 494 g/mol. The quantitative estimate of drug-likeness (QED) is 0.103. The highest BCUT2D eigenvalue weighted by Gasteiger charge is 2.23. The summed E-state index contributed by atoms with van der Waals surface area (Å²) in [6.45, 7) is 4.44. The standard InChI is InChI=1S/C32H45NO6/c1-4-7-24-8-10-25(11-9-24)27-14-17-31(28(20-27)21-33)39-32(34)26-12-15-29(16-13-26)38-23-30(36-3)22-37-19-6-5-18-35-2/h12-17,20-21,24-25,30,33H,4-11,18-19,22-23H2,1-3H3. The molecule has 0 spiro atoms. The van der Waals surface area contributed by atoms with E-state index in [1.165, 1.54) is 50.3 Å². The van der Waals surface area contributed by atoms with Crippen molar-refractivity contribution < 1.29 is 28.5 Å². The molecule has 1 atom stereocenters. The van der Waals surface area contributed by atoms with Gasteiger partial charge in [0.15, 0.2) is 0 Å². The number of hydrogen-bond acceptors (Lipinski definition) is 7. The minimum Gasteiger partial charge on any atom is -0.491 e. The van der Waals surface area contributed by atoms with Gasteiger partial charge in [-0.15, -0.1) is 0 Å². The second-order valence-corrected chi connectivity index (χ2v) is 10.3. The smallest absolute Gasteiger partial charge is 0.343 e. The van der Waals surface area contributed by atoms with Crippen LogP contribution in [0, 0.1) is 11.3 Å². The number of unbranched alkanes of at least 4 members (excludes halogenated alkanes) is 1. The number of hydrogen-bond donors (Lipinski definition) is 1. The minimum atomic E-state index is -0.464. The van der Waals surface area contributed by atoms with Crippen LogP contribution in [0.15, 0.2) is 42.5 Å². The van der Waals surface area contributed by atoms with Crippen molar-refractivity contribution in [2.24, 2.45) is 5.92 Å².